The van der Waals surface area contributed by atoms with Crippen molar-refractivity contribution in [2.24, 2.45) is 0 Å². The Balaban J connectivity index is 1.19. The van der Waals surface area contributed by atoms with Gasteiger partial charge in [-0.25, -0.2) is 19.9 Å². The highest BCUT2D eigenvalue weighted by molar-refractivity contribution is 6.17. The van der Waals surface area contributed by atoms with Crippen molar-refractivity contribution >= 4 is 87.7 Å². The zero-order valence-electron chi connectivity index (χ0n) is 50.2. The van der Waals surface area contributed by atoms with Crippen molar-refractivity contribution in [1.82, 2.24) is 58.1 Å². The summed E-state index contributed by atoms with van der Waals surface area (Å²) in [7, 11) is 0. The molecule has 10 heterocycles. The second-order valence-corrected chi connectivity index (χ2v) is 23.4. The van der Waals surface area contributed by atoms with E-state index in [1.807, 2.05) is 85.5 Å². The summed E-state index contributed by atoms with van der Waals surface area (Å²) in [5, 5.41) is 3.90. The van der Waals surface area contributed by atoms with Gasteiger partial charge in [-0.05, 0) is 90.5 Å². The van der Waals surface area contributed by atoms with Gasteiger partial charge in [0.05, 0.1) is 106 Å². The fraction of sp³-hybridized carbons (Fsp3) is 0. The van der Waals surface area contributed by atoms with E-state index in [0.717, 1.165) is 155 Å². The van der Waals surface area contributed by atoms with Crippen LogP contribution in [0.4, 0.5) is 0 Å². The van der Waals surface area contributed by atoms with Gasteiger partial charge in [0.25, 0.3) is 0 Å². The van der Waals surface area contributed by atoms with Crippen LogP contribution in [-0.2, 0) is 0 Å². The quantitative estimate of drug-likeness (QED) is 0.133. The SMILES string of the molecule is c1ccc(-c2cc(-c3c(-c4nc(-c5ccccc5)nc(-c5ccccc5)n4)c(-n4c5ccccc5c5ncccc54)c(-n4c5ccccc5c5ncccc54)c(-n4c5ccccc5c5ncccc54)c3-n3c4ccccc4c4ncccc43)cc(-c3ccccc3)n2)cc1. The lowest BCUT2D eigenvalue weighted by Gasteiger charge is -2.31. The summed E-state index contributed by atoms with van der Waals surface area (Å²) in [6.45, 7) is 0. The summed E-state index contributed by atoms with van der Waals surface area (Å²) in [6.07, 6.45) is 7.57. The Labute approximate surface area is 537 Å². The lowest BCUT2D eigenvalue weighted by Crippen LogP contribution is -2.17. The molecule has 0 atom stereocenters. The van der Waals surface area contributed by atoms with Gasteiger partial charge < -0.3 is 18.3 Å². The standard InChI is InChI=1S/C82H50N12/c1-5-25-51(26-6-1)60-49-55(50-61(87-60)52-27-7-2-8-28-52)70-71(82-89-80(53-29-9-3-10-30-53)88-81(90-82)54-31-11-4-12-32-54)77(92-63-38-18-14-34-57(63)73-67(92)42-22-46-84-73)79(94-65-40-20-16-36-59(65)75-69(94)44-24-48-86-75)78(93-64-39-19-15-35-58(64)74-68(93)43-23-47-85-74)76(70)91-62-37-17-13-33-56(62)72-66(91)41-21-45-83-72/h1-50H. The molecule has 0 amide bonds. The molecule has 0 radical (unpaired) electrons. The highest BCUT2D eigenvalue weighted by Gasteiger charge is 2.37. The highest BCUT2D eigenvalue weighted by Crippen LogP contribution is 2.55. The minimum absolute atomic E-state index is 0.419. The third-order valence-electron chi connectivity index (χ3n) is 18.2. The first kappa shape index (κ1) is 52.8. The number of para-hydroxylation sites is 4. The maximum absolute atomic E-state index is 5.94. The van der Waals surface area contributed by atoms with Crippen molar-refractivity contribution < 1.29 is 0 Å². The van der Waals surface area contributed by atoms with Crippen LogP contribution < -0.4 is 0 Å². The molecule has 0 bridgehead atoms. The Hall–Kier alpha value is -13.1. The minimum atomic E-state index is 0.419. The molecule has 0 N–H and O–H groups in total. The summed E-state index contributed by atoms with van der Waals surface area (Å²) < 4.78 is 9.75. The van der Waals surface area contributed by atoms with Crippen LogP contribution in [0.5, 0.6) is 0 Å². The molecule has 0 saturated heterocycles. The van der Waals surface area contributed by atoms with Crippen molar-refractivity contribution in [1.29, 1.82) is 0 Å². The summed E-state index contributed by atoms with van der Waals surface area (Å²) >= 11 is 0. The number of aromatic nitrogens is 12. The second-order valence-electron chi connectivity index (χ2n) is 23.4. The summed E-state index contributed by atoms with van der Waals surface area (Å²) in [5.41, 5.74) is 21.2. The predicted octanol–water partition coefficient (Wildman–Crippen LogP) is 19.2. The van der Waals surface area contributed by atoms with Crippen LogP contribution >= 0.6 is 0 Å². The molecular formula is C82H50N12. The van der Waals surface area contributed by atoms with Gasteiger partial charge >= 0.3 is 0 Å². The van der Waals surface area contributed by atoms with E-state index in [2.05, 4.69) is 237 Å². The average Bonchev–Trinajstić information content (AvgIpc) is 1.39. The van der Waals surface area contributed by atoms with E-state index in [1.54, 1.807) is 0 Å². The van der Waals surface area contributed by atoms with Gasteiger partial charge in [0.1, 0.15) is 0 Å². The predicted molar refractivity (Wildman–Crippen MR) is 379 cm³/mol. The van der Waals surface area contributed by atoms with Crippen LogP contribution in [0.15, 0.2) is 304 Å². The zero-order chi connectivity index (χ0) is 61.8. The number of rotatable bonds is 10. The van der Waals surface area contributed by atoms with Gasteiger partial charge in [-0.2, -0.15) is 0 Å². The molecule has 0 unspecified atom stereocenters. The van der Waals surface area contributed by atoms with E-state index in [9.17, 15) is 0 Å². The van der Waals surface area contributed by atoms with Crippen LogP contribution in [0.2, 0.25) is 0 Å². The molecule has 12 heteroatoms. The molecule has 19 rings (SSSR count). The average molecular weight is 1200 g/mol. The summed E-state index contributed by atoms with van der Waals surface area (Å²) in [5.74, 6) is 1.41. The fourth-order valence-electron chi connectivity index (χ4n) is 14.3. The van der Waals surface area contributed by atoms with Crippen molar-refractivity contribution in [3.05, 3.63) is 304 Å². The lowest BCUT2D eigenvalue weighted by molar-refractivity contribution is 1.01. The third kappa shape index (κ3) is 8.12. The zero-order valence-corrected chi connectivity index (χ0v) is 50.2. The number of benzene rings is 9. The number of fused-ring (bicyclic) bond motifs is 12. The van der Waals surface area contributed by atoms with Crippen LogP contribution in [0, 0.1) is 0 Å². The minimum Gasteiger partial charge on any atom is -0.305 e. The molecule has 19 aromatic rings. The van der Waals surface area contributed by atoms with Crippen LogP contribution in [0.3, 0.4) is 0 Å². The smallest absolute Gasteiger partial charge is 0.166 e. The first-order valence-electron chi connectivity index (χ1n) is 31.3. The molecule has 10 aromatic heterocycles. The van der Waals surface area contributed by atoms with Crippen molar-refractivity contribution in [2.45, 2.75) is 0 Å². The molecule has 12 nitrogen and oxygen atoms in total. The number of hydrogen-bond donors (Lipinski definition) is 0. The maximum atomic E-state index is 5.94. The monoisotopic (exact) mass is 1200 g/mol. The normalized spacial score (nSPS) is 11.8. The Morgan fingerprint density at radius 2 is 0.479 bits per heavy atom. The summed E-state index contributed by atoms with van der Waals surface area (Å²) in [6, 6.07) is 97.4. The van der Waals surface area contributed by atoms with Crippen molar-refractivity contribution in [3.63, 3.8) is 0 Å². The molecule has 0 aliphatic rings. The molecule has 94 heavy (non-hydrogen) atoms. The first-order chi connectivity index (χ1) is 46.7. The van der Waals surface area contributed by atoms with E-state index in [4.69, 9.17) is 39.9 Å². The lowest BCUT2D eigenvalue weighted by atomic mass is 9.90. The molecule has 0 fully saturated rings. The van der Waals surface area contributed by atoms with Crippen LogP contribution in [0.1, 0.15) is 0 Å². The van der Waals surface area contributed by atoms with Crippen LogP contribution in [-0.4, -0.2) is 58.1 Å². The van der Waals surface area contributed by atoms with Gasteiger partial charge in [-0.3, -0.25) is 19.9 Å². The van der Waals surface area contributed by atoms with Gasteiger partial charge in [-0.15, -0.1) is 0 Å². The van der Waals surface area contributed by atoms with Gasteiger partial charge in [0.2, 0.25) is 0 Å². The Bertz CT molecular complexity index is 5520. The number of nitrogens with zero attached hydrogens (tertiary/aromatic N) is 12. The topological polar surface area (TPSA) is 123 Å². The van der Waals surface area contributed by atoms with Crippen LogP contribution in [0.25, 0.3) is 178 Å². The molecular weight excluding hydrogens is 1150 g/mol. The molecule has 0 aliphatic heterocycles. The molecule has 9 aromatic carbocycles. The van der Waals surface area contributed by atoms with Gasteiger partial charge in [-0.1, -0.05) is 194 Å². The molecule has 438 valence electrons. The fourth-order valence-corrected chi connectivity index (χ4v) is 14.3. The van der Waals surface area contributed by atoms with E-state index < -0.39 is 0 Å². The Morgan fingerprint density at radius 3 is 0.830 bits per heavy atom. The van der Waals surface area contributed by atoms with Crippen molar-refractivity contribution in [3.8, 4) is 90.6 Å². The molecule has 0 saturated carbocycles. The van der Waals surface area contributed by atoms with E-state index in [0.29, 0.717) is 23.0 Å². The molecule has 0 spiro atoms. The third-order valence-corrected chi connectivity index (χ3v) is 18.2. The number of hydrogen-bond acceptors (Lipinski definition) is 8. The van der Waals surface area contributed by atoms with Gasteiger partial charge in [0, 0.05) is 74.1 Å². The second kappa shape index (κ2) is 21.3. The maximum Gasteiger partial charge on any atom is 0.166 e. The Kier molecular flexibility index (Phi) is 12.0. The first-order valence-corrected chi connectivity index (χ1v) is 31.3. The van der Waals surface area contributed by atoms with Gasteiger partial charge in [0.15, 0.2) is 17.5 Å². The summed E-state index contributed by atoms with van der Waals surface area (Å²) in [4.78, 5) is 44.2. The van der Waals surface area contributed by atoms with E-state index >= 15 is 0 Å². The van der Waals surface area contributed by atoms with Crippen molar-refractivity contribution in [2.75, 3.05) is 0 Å². The Morgan fingerprint density at radius 1 is 0.202 bits per heavy atom. The molecule has 0 aliphatic carbocycles. The highest BCUT2D eigenvalue weighted by atomic mass is 15.2. The van der Waals surface area contributed by atoms with E-state index in [-0.39, 0.29) is 0 Å². The van der Waals surface area contributed by atoms with E-state index in [1.165, 1.54) is 0 Å². The number of pyridine rings is 5. The largest absolute Gasteiger partial charge is 0.305 e.